The Morgan fingerprint density at radius 3 is 2.49 bits per heavy atom. The minimum Gasteiger partial charge on any atom is -0.384 e. The summed E-state index contributed by atoms with van der Waals surface area (Å²) in [4.78, 5) is 31.5. The van der Waals surface area contributed by atoms with E-state index in [-0.39, 0.29) is 24.2 Å². The van der Waals surface area contributed by atoms with Crippen LogP contribution in [-0.2, 0) is 14.3 Å². The first-order valence-electron chi connectivity index (χ1n) is 13.2. The second-order valence-electron chi connectivity index (χ2n) is 9.97. The van der Waals surface area contributed by atoms with Gasteiger partial charge in [0.1, 0.15) is 18.0 Å². The number of hydrogen-bond donors (Lipinski definition) is 4. The lowest BCUT2D eigenvalue weighted by Gasteiger charge is -2.29. The smallest absolute Gasteiger partial charge is 0.249 e. The first-order chi connectivity index (χ1) is 18.3. The van der Waals surface area contributed by atoms with Gasteiger partial charge >= 0.3 is 0 Å². The van der Waals surface area contributed by atoms with E-state index in [0.717, 1.165) is 61.7 Å². The van der Waals surface area contributed by atoms with E-state index >= 15 is 0 Å². The number of aliphatic hydroxyl groups excluding tert-OH is 1. The monoisotopic (exact) mass is 562 g/mol. The first kappa shape index (κ1) is 30.3. The number of unbranched alkanes of at least 4 members (excludes halogenated alkanes) is 1. The molecule has 0 aliphatic carbocycles. The number of fused-ring (bicyclic) bond motifs is 3. The molecular weight excluding hydrogens is 524 g/mol. The lowest BCUT2D eigenvalue weighted by Crippen LogP contribution is -2.52. The van der Waals surface area contributed by atoms with Crippen LogP contribution in [0.4, 0.5) is 11.5 Å². The molecule has 1 aliphatic rings. The zero-order chi connectivity index (χ0) is 27.2. The van der Waals surface area contributed by atoms with Crippen molar-refractivity contribution in [2.75, 3.05) is 49.6 Å². The number of rotatable bonds is 11. The third-order valence-electron chi connectivity index (χ3n) is 6.67. The van der Waals surface area contributed by atoms with Gasteiger partial charge in [-0.2, -0.15) is 0 Å². The van der Waals surface area contributed by atoms with E-state index in [0.29, 0.717) is 24.6 Å². The number of morpholine rings is 1. The van der Waals surface area contributed by atoms with Crippen LogP contribution >= 0.6 is 12.4 Å². The van der Waals surface area contributed by atoms with E-state index in [1.54, 1.807) is 0 Å². The molecule has 13 heteroatoms. The predicted molar refractivity (Wildman–Crippen MR) is 152 cm³/mol. The van der Waals surface area contributed by atoms with E-state index in [1.807, 2.05) is 25.2 Å². The number of aryl methyl sites for hydroxylation is 1. The number of halogens is 1. The molecule has 0 bridgehead atoms. The maximum atomic E-state index is 12.6. The summed E-state index contributed by atoms with van der Waals surface area (Å²) in [5.74, 6) is 0.547. The maximum absolute atomic E-state index is 12.6. The Bertz CT molecular complexity index is 1280. The third kappa shape index (κ3) is 7.25. The van der Waals surface area contributed by atoms with Crippen molar-refractivity contribution < 1.29 is 19.4 Å². The Kier molecular flexibility index (Phi) is 10.7. The average Bonchev–Trinajstić information content (AvgIpc) is 3.30. The fourth-order valence-corrected chi connectivity index (χ4v) is 4.49. The number of amides is 2. The molecule has 1 aliphatic heterocycles. The van der Waals surface area contributed by atoms with Crippen LogP contribution in [0.25, 0.3) is 16.7 Å². The van der Waals surface area contributed by atoms with Gasteiger partial charge < -0.3 is 30.7 Å². The molecule has 1 fully saturated rings. The highest BCUT2D eigenvalue weighted by molar-refractivity contribution is 5.89. The Hall–Kier alpha value is -3.22. The topological polar surface area (TPSA) is 146 Å². The molecule has 214 valence electrons. The molecule has 1 aromatic carbocycles. The molecule has 0 unspecified atom stereocenters. The molecule has 12 nitrogen and oxygen atoms in total. The summed E-state index contributed by atoms with van der Waals surface area (Å²) >= 11 is 0. The predicted octanol–water partition coefficient (Wildman–Crippen LogP) is 1.67. The first-order valence-corrected chi connectivity index (χ1v) is 13.2. The normalized spacial score (nSPS) is 15.2. The largest absolute Gasteiger partial charge is 0.384 e. The Morgan fingerprint density at radius 1 is 1.08 bits per heavy atom. The SMILES string of the molecule is Cc1nnc2c(NCCCCNC(=O)[C@@H](NC(=O)[C@H](C)O)C(C)C)nc3cc(N4CCOCC4)ccc3n12.Cl. The lowest BCUT2D eigenvalue weighted by molar-refractivity contribution is -0.134. The summed E-state index contributed by atoms with van der Waals surface area (Å²) in [5, 5.41) is 26.9. The zero-order valence-electron chi connectivity index (χ0n) is 22.9. The van der Waals surface area contributed by atoms with Crippen LogP contribution in [0.1, 0.15) is 39.4 Å². The van der Waals surface area contributed by atoms with Crippen LogP contribution in [0.5, 0.6) is 0 Å². The second kappa shape index (κ2) is 13.7. The second-order valence-corrected chi connectivity index (χ2v) is 9.97. The number of nitrogens with zero attached hydrogens (tertiary/aromatic N) is 5. The molecule has 2 amide bonds. The standard InChI is InChI=1S/C26H38N8O4.ClH/c1-16(2)22(30-25(36)17(3)35)26(37)28-10-6-5-9-27-23-24-32-31-18(4)34(24)21-8-7-19(15-20(21)29-23)33-11-13-38-14-12-33;/h7-8,15-17,22,35H,5-6,9-14H2,1-4H3,(H,27,29)(H,28,37)(H,30,36);1H/t17-,22-;/m0./s1. The number of anilines is 2. The van der Waals surface area contributed by atoms with Crippen LogP contribution in [0.2, 0.25) is 0 Å². The van der Waals surface area contributed by atoms with Gasteiger partial charge in [-0.25, -0.2) is 4.98 Å². The highest BCUT2D eigenvalue weighted by atomic mass is 35.5. The fourth-order valence-electron chi connectivity index (χ4n) is 4.49. The number of hydrogen-bond acceptors (Lipinski definition) is 9. The van der Waals surface area contributed by atoms with Crippen molar-refractivity contribution in [2.45, 2.75) is 52.7 Å². The average molecular weight is 563 g/mol. The zero-order valence-corrected chi connectivity index (χ0v) is 23.8. The van der Waals surface area contributed by atoms with Gasteiger partial charge in [-0.1, -0.05) is 13.8 Å². The number of ether oxygens (including phenoxy) is 1. The van der Waals surface area contributed by atoms with Gasteiger partial charge in [-0.05, 0) is 50.8 Å². The van der Waals surface area contributed by atoms with Crippen LogP contribution in [0.15, 0.2) is 18.2 Å². The third-order valence-corrected chi connectivity index (χ3v) is 6.67. The quantitative estimate of drug-likeness (QED) is 0.256. The lowest BCUT2D eigenvalue weighted by atomic mass is 10.0. The Morgan fingerprint density at radius 2 is 1.79 bits per heavy atom. The summed E-state index contributed by atoms with van der Waals surface area (Å²) in [5.41, 5.74) is 3.61. The van der Waals surface area contributed by atoms with Gasteiger partial charge in [-0.3, -0.25) is 14.0 Å². The minimum absolute atomic E-state index is 0. The van der Waals surface area contributed by atoms with Gasteiger partial charge in [0.05, 0.1) is 24.2 Å². The molecule has 4 rings (SSSR count). The molecule has 2 atom stereocenters. The van der Waals surface area contributed by atoms with E-state index < -0.39 is 18.1 Å². The minimum atomic E-state index is -1.16. The van der Waals surface area contributed by atoms with E-state index in [9.17, 15) is 14.7 Å². The molecule has 4 N–H and O–H groups in total. The van der Waals surface area contributed by atoms with E-state index in [2.05, 4.69) is 49.2 Å². The summed E-state index contributed by atoms with van der Waals surface area (Å²) < 4.78 is 7.50. The van der Waals surface area contributed by atoms with Gasteiger partial charge in [0.2, 0.25) is 17.5 Å². The maximum Gasteiger partial charge on any atom is 0.249 e. The summed E-state index contributed by atoms with van der Waals surface area (Å²) in [6.07, 6.45) is 0.370. The number of carbonyl (C=O) groups is 2. The number of nitrogens with one attached hydrogen (secondary N) is 3. The fraction of sp³-hybridized carbons (Fsp3) is 0.577. The summed E-state index contributed by atoms with van der Waals surface area (Å²) in [7, 11) is 0. The van der Waals surface area contributed by atoms with Crippen molar-refractivity contribution in [3.05, 3.63) is 24.0 Å². The van der Waals surface area contributed by atoms with Crippen LogP contribution in [0.3, 0.4) is 0 Å². The Labute approximate surface area is 234 Å². The molecule has 39 heavy (non-hydrogen) atoms. The molecule has 0 spiro atoms. The molecule has 0 saturated carbocycles. The molecule has 0 radical (unpaired) electrons. The molecule has 3 heterocycles. The van der Waals surface area contributed by atoms with E-state index in [1.165, 1.54) is 6.92 Å². The van der Waals surface area contributed by atoms with Crippen molar-refractivity contribution >= 4 is 52.4 Å². The molecule has 3 aromatic rings. The molecule has 2 aromatic heterocycles. The number of benzene rings is 1. The van der Waals surface area contributed by atoms with Crippen LogP contribution < -0.4 is 20.9 Å². The van der Waals surface area contributed by atoms with Gasteiger partial charge in [0.15, 0.2) is 5.82 Å². The van der Waals surface area contributed by atoms with Gasteiger partial charge in [0.25, 0.3) is 0 Å². The van der Waals surface area contributed by atoms with Crippen molar-refractivity contribution in [3.63, 3.8) is 0 Å². The van der Waals surface area contributed by atoms with Gasteiger partial charge in [-0.15, -0.1) is 22.6 Å². The summed E-state index contributed by atoms with van der Waals surface area (Å²) in [6.45, 7) is 11.3. The van der Waals surface area contributed by atoms with Gasteiger partial charge in [0, 0.05) is 31.9 Å². The van der Waals surface area contributed by atoms with Crippen molar-refractivity contribution in [1.29, 1.82) is 0 Å². The molecule has 1 saturated heterocycles. The number of carbonyl (C=O) groups excluding carboxylic acids is 2. The highest BCUT2D eigenvalue weighted by Gasteiger charge is 2.25. The number of aromatic nitrogens is 4. The van der Waals surface area contributed by atoms with Crippen molar-refractivity contribution in [3.8, 4) is 0 Å². The summed E-state index contributed by atoms with van der Waals surface area (Å²) in [6, 6.07) is 5.58. The van der Waals surface area contributed by atoms with Crippen LogP contribution in [-0.4, -0.2) is 88.0 Å². The Balaban J connectivity index is 0.00000420. The highest BCUT2D eigenvalue weighted by Crippen LogP contribution is 2.26. The molecular formula is C26H39ClN8O4. The number of aliphatic hydroxyl groups is 1. The van der Waals surface area contributed by atoms with Crippen molar-refractivity contribution in [1.82, 2.24) is 30.2 Å². The van der Waals surface area contributed by atoms with Crippen LogP contribution in [0, 0.1) is 12.8 Å². The van der Waals surface area contributed by atoms with Crippen molar-refractivity contribution in [2.24, 2.45) is 5.92 Å². The van der Waals surface area contributed by atoms with E-state index in [4.69, 9.17) is 9.72 Å².